The van der Waals surface area contributed by atoms with E-state index >= 15 is 0 Å². The summed E-state index contributed by atoms with van der Waals surface area (Å²) in [5.74, 6) is 0.260. The van der Waals surface area contributed by atoms with Gasteiger partial charge in [0.05, 0.1) is 12.2 Å². The number of Topliss-reactive ketones (excluding diaryl/α,β-unsaturated/α-hetero) is 1. The average Bonchev–Trinajstić information content (AvgIpc) is 1.64. The molecule has 0 unspecified atom stereocenters. The lowest BCUT2D eigenvalue weighted by atomic mass is 10.3. The Bertz CT molecular complexity index is 120. The first-order chi connectivity index (χ1) is 3.79. The van der Waals surface area contributed by atoms with Crippen LogP contribution >= 0.6 is 11.9 Å². The zero-order chi connectivity index (χ0) is 5.98. The van der Waals surface area contributed by atoms with Crippen LogP contribution in [0.5, 0.6) is 0 Å². The number of hydrogen-bond donors (Lipinski definition) is 1. The van der Waals surface area contributed by atoms with E-state index in [9.17, 15) is 9.59 Å². The van der Waals surface area contributed by atoms with Crippen LogP contribution in [0.3, 0.4) is 0 Å². The van der Waals surface area contributed by atoms with E-state index in [-0.39, 0.29) is 18.1 Å². The molecular weight excluding hydrogens is 126 g/mol. The van der Waals surface area contributed by atoms with E-state index in [1.54, 1.807) is 0 Å². The highest BCUT2D eigenvalue weighted by Gasteiger charge is 2.14. The third-order valence-corrected chi connectivity index (χ3v) is 1.62. The molecule has 8 heavy (non-hydrogen) atoms. The van der Waals surface area contributed by atoms with E-state index < -0.39 is 0 Å². The van der Waals surface area contributed by atoms with Crippen LogP contribution in [0, 0.1) is 0 Å². The summed E-state index contributed by atoms with van der Waals surface area (Å²) in [7, 11) is 0. The summed E-state index contributed by atoms with van der Waals surface area (Å²) < 4.78 is 2.47. The normalized spacial score (nSPS) is 20.5. The molecule has 1 N–H and O–H groups in total. The van der Waals surface area contributed by atoms with Gasteiger partial charge in [-0.2, -0.15) is 0 Å². The summed E-state index contributed by atoms with van der Waals surface area (Å²) in [4.78, 5) is 20.7. The van der Waals surface area contributed by atoms with Crippen molar-refractivity contribution < 1.29 is 9.59 Å². The van der Waals surface area contributed by atoms with Crippen LogP contribution in [-0.2, 0) is 9.59 Å². The van der Waals surface area contributed by atoms with Gasteiger partial charge in [-0.3, -0.25) is 14.3 Å². The smallest absolute Gasteiger partial charge is 0.237 e. The number of ketones is 1. The summed E-state index contributed by atoms with van der Waals surface area (Å²) in [6.07, 6.45) is 0.0625. The topological polar surface area (TPSA) is 46.2 Å². The van der Waals surface area contributed by atoms with Gasteiger partial charge in [0.2, 0.25) is 5.91 Å². The maximum absolute atomic E-state index is 10.4. The minimum Gasteiger partial charge on any atom is -0.299 e. The predicted octanol–water partition coefficient (Wildman–Crippen LogP) is -0.276. The lowest BCUT2D eigenvalue weighted by Gasteiger charge is -2.07. The molecule has 1 heterocycles. The minimum absolute atomic E-state index is 0.0127. The molecule has 0 bridgehead atoms. The Labute approximate surface area is 51.0 Å². The number of nitrogens with one attached hydrogen (secondary N) is 1. The van der Waals surface area contributed by atoms with Crippen molar-refractivity contribution in [3.8, 4) is 0 Å². The molecule has 0 saturated carbocycles. The quantitative estimate of drug-likeness (QED) is 0.363. The highest BCUT2D eigenvalue weighted by molar-refractivity contribution is 7.98. The Morgan fingerprint density at radius 3 is 2.62 bits per heavy atom. The summed E-state index contributed by atoms with van der Waals surface area (Å²) in [5.41, 5.74) is 0. The molecule has 0 aliphatic carbocycles. The molecular formula is C4H5NO2S. The third kappa shape index (κ3) is 1.23. The van der Waals surface area contributed by atoms with Crippen LogP contribution in [0.25, 0.3) is 0 Å². The van der Waals surface area contributed by atoms with Gasteiger partial charge in [-0.15, -0.1) is 0 Å². The number of carbonyl (C=O) groups is 2. The van der Waals surface area contributed by atoms with E-state index in [1.807, 2.05) is 0 Å². The first-order valence-electron chi connectivity index (χ1n) is 2.21. The van der Waals surface area contributed by atoms with Crippen LogP contribution < -0.4 is 4.72 Å². The monoisotopic (exact) mass is 131 g/mol. The second-order valence-electron chi connectivity index (χ2n) is 1.53. The molecule has 0 aromatic heterocycles. The van der Waals surface area contributed by atoms with Crippen molar-refractivity contribution in [2.24, 2.45) is 0 Å². The second-order valence-corrected chi connectivity index (χ2v) is 2.31. The fraction of sp³-hybridized carbons (Fsp3) is 0.500. The van der Waals surface area contributed by atoms with Gasteiger partial charge >= 0.3 is 0 Å². The van der Waals surface area contributed by atoms with Crippen molar-refractivity contribution in [1.29, 1.82) is 0 Å². The largest absolute Gasteiger partial charge is 0.299 e. The lowest BCUT2D eigenvalue weighted by Crippen LogP contribution is -2.27. The molecule has 4 heteroatoms. The SMILES string of the molecule is O=C1CSNC(=O)C1. The molecule has 1 aliphatic heterocycles. The maximum atomic E-state index is 10.4. The van der Waals surface area contributed by atoms with E-state index in [4.69, 9.17) is 0 Å². The molecule has 1 aliphatic rings. The van der Waals surface area contributed by atoms with Gasteiger partial charge < -0.3 is 0 Å². The van der Waals surface area contributed by atoms with E-state index in [0.29, 0.717) is 5.75 Å². The Hall–Kier alpha value is -0.510. The van der Waals surface area contributed by atoms with Gasteiger partial charge in [0.25, 0.3) is 0 Å². The fourth-order valence-electron chi connectivity index (χ4n) is 0.463. The van der Waals surface area contributed by atoms with Crippen molar-refractivity contribution in [2.75, 3.05) is 5.75 Å². The Balaban J connectivity index is 2.45. The maximum Gasteiger partial charge on any atom is 0.237 e. The molecule has 0 atom stereocenters. The number of carbonyl (C=O) groups excluding carboxylic acids is 2. The summed E-state index contributed by atoms with van der Waals surface area (Å²) in [6.45, 7) is 0. The van der Waals surface area contributed by atoms with Crippen LogP contribution in [0.1, 0.15) is 6.42 Å². The second kappa shape index (κ2) is 2.17. The zero-order valence-corrected chi connectivity index (χ0v) is 4.96. The molecule has 44 valence electrons. The first-order valence-corrected chi connectivity index (χ1v) is 3.20. The van der Waals surface area contributed by atoms with Gasteiger partial charge in [0, 0.05) is 0 Å². The van der Waals surface area contributed by atoms with Gasteiger partial charge in [-0.25, -0.2) is 0 Å². The Morgan fingerprint density at radius 1 is 1.50 bits per heavy atom. The molecule has 3 nitrogen and oxygen atoms in total. The number of hydrogen-bond acceptors (Lipinski definition) is 3. The van der Waals surface area contributed by atoms with Crippen molar-refractivity contribution in [3.63, 3.8) is 0 Å². The van der Waals surface area contributed by atoms with E-state index in [1.165, 1.54) is 0 Å². The zero-order valence-electron chi connectivity index (χ0n) is 4.14. The van der Waals surface area contributed by atoms with Crippen LogP contribution in [0.15, 0.2) is 0 Å². The Kier molecular flexibility index (Phi) is 1.53. The molecule has 0 radical (unpaired) electrons. The van der Waals surface area contributed by atoms with Gasteiger partial charge in [-0.1, -0.05) is 0 Å². The van der Waals surface area contributed by atoms with Crippen LogP contribution in [0.4, 0.5) is 0 Å². The molecule has 0 aromatic carbocycles. The minimum atomic E-state index is -0.175. The lowest BCUT2D eigenvalue weighted by molar-refractivity contribution is -0.126. The van der Waals surface area contributed by atoms with Crippen molar-refractivity contribution in [2.45, 2.75) is 6.42 Å². The summed E-state index contributed by atoms with van der Waals surface area (Å²) in [6, 6.07) is 0. The highest BCUT2D eigenvalue weighted by Crippen LogP contribution is 2.03. The van der Waals surface area contributed by atoms with Gasteiger partial charge in [0.1, 0.15) is 0 Å². The van der Waals surface area contributed by atoms with Crippen molar-refractivity contribution >= 4 is 23.6 Å². The number of amides is 1. The molecule has 1 amide bonds. The van der Waals surface area contributed by atoms with E-state index in [2.05, 4.69) is 4.72 Å². The van der Waals surface area contributed by atoms with Crippen LogP contribution in [0.2, 0.25) is 0 Å². The molecule has 1 fully saturated rings. The summed E-state index contributed by atoms with van der Waals surface area (Å²) >= 11 is 1.16. The molecule has 1 saturated heterocycles. The van der Waals surface area contributed by atoms with Crippen LogP contribution in [-0.4, -0.2) is 17.4 Å². The van der Waals surface area contributed by atoms with Gasteiger partial charge in [-0.05, 0) is 11.9 Å². The highest BCUT2D eigenvalue weighted by atomic mass is 32.2. The first kappa shape index (κ1) is 5.62. The average molecular weight is 131 g/mol. The standard InChI is InChI=1S/C4H5NO2S/c6-3-1-4(7)5-8-2-3/h1-2H2,(H,5,7). The predicted molar refractivity (Wildman–Crippen MR) is 30.2 cm³/mol. The fourth-order valence-corrected chi connectivity index (χ4v) is 1.03. The van der Waals surface area contributed by atoms with Crippen molar-refractivity contribution in [1.82, 2.24) is 4.72 Å². The molecule has 1 rings (SSSR count). The third-order valence-electron chi connectivity index (χ3n) is 0.777. The van der Waals surface area contributed by atoms with Gasteiger partial charge in [0.15, 0.2) is 5.78 Å². The van der Waals surface area contributed by atoms with Crippen molar-refractivity contribution in [3.05, 3.63) is 0 Å². The summed E-state index contributed by atoms with van der Waals surface area (Å²) in [5, 5.41) is 0. The Morgan fingerprint density at radius 2 is 2.25 bits per heavy atom. The van der Waals surface area contributed by atoms with E-state index in [0.717, 1.165) is 11.9 Å². The number of rotatable bonds is 0. The molecule has 0 spiro atoms. The molecule has 0 aromatic rings.